The van der Waals surface area contributed by atoms with Gasteiger partial charge in [-0.2, -0.15) is 0 Å². The largest absolute Gasteiger partial charge is 0.493 e. The molecule has 38 heavy (non-hydrogen) atoms. The number of methoxy groups -OCH3 is 1. The van der Waals surface area contributed by atoms with Crippen molar-refractivity contribution in [2.24, 2.45) is 0 Å². The molecule has 2 N–H and O–H groups in total. The Balaban J connectivity index is 1.47. The molecule has 0 spiro atoms. The van der Waals surface area contributed by atoms with Gasteiger partial charge in [-0.05, 0) is 73.6 Å². The fraction of sp³-hybridized carbons (Fsp3) is 0.323. The van der Waals surface area contributed by atoms with Crippen LogP contribution in [0.3, 0.4) is 0 Å². The van der Waals surface area contributed by atoms with E-state index in [1.807, 2.05) is 55.4 Å². The Morgan fingerprint density at radius 3 is 2.16 bits per heavy atom. The molecule has 7 heteroatoms. The quantitative estimate of drug-likeness (QED) is 0.254. The summed E-state index contributed by atoms with van der Waals surface area (Å²) in [4.78, 5) is 6.39. The van der Waals surface area contributed by atoms with E-state index in [2.05, 4.69) is 55.3 Å². The van der Waals surface area contributed by atoms with Crippen molar-refractivity contribution in [2.45, 2.75) is 32.3 Å². The van der Waals surface area contributed by atoms with Gasteiger partial charge in [0.25, 0.3) is 0 Å². The van der Waals surface area contributed by atoms with E-state index in [0.29, 0.717) is 35.1 Å². The molecule has 4 aromatic rings. The molecule has 0 radical (unpaired) electrons. The van der Waals surface area contributed by atoms with E-state index in [1.54, 1.807) is 19.4 Å². The summed E-state index contributed by atoms with van der Waals surface area (Å²) in [7, 11) is 5.39. The van der Waals surface area contributed by atoms with Gasteiger partial charge >= 0.3 is 0 Å². The Hall–Kier alpha value is -3.81. The van der Waals surface area contributed by atoms with Crippen molar-refractivity contribution >= 4 is 22.3 Å². The fourth-order valence-electron chi connectivity index (χ4n) is 4.10. The first-order chi connectivity index (χ1) is 18.1. The first-order valence-corrected chi connectivity index (χ1v) is 12.7. The third-order valence-electron chi connectivity index (χ3n) is 6.12. The Bertz CT molecular complexity index is 1350. The molecule has 200 valence electrons. The van der Waals surface area contributed by atoms with Crippen LogP contribution in [0.15, 0.2) is 72.9 Å². The number of ether oxygens (including phenoxy) is 3. The normalized spacial score (nSPS) is 12.4. The number of pyridine rings is 1. The minimum Gasteiger partial charge on any atom is -0.493 e. The molecule has 3 aromatic carbocycles. The first-order valence-electron chi connectivity index (χ1n) is 12.7. The van der Waals surface area contributed by atoms with Crippen molar-refractivity contribution in [1.82, 2.24) is 9.88 Å². The average molecular weight is 516 g/mol. The standard InChI is InChI=1S/C31H37N3O4/c1-31(2,3)21-7-9-22(10-8-21)33-23-11-13-25(14-12-23)38-28-15-16-32-27-18-30(29(36-6)17-26(27)28)37-20-24(35)19-34(4)5/h7-18,24,33,35H,19-20H2,1-6H3. The second-order valence-corrected chi connectivity index (χ2v) is 10.6. The molecule has 0 fully saturated rings. The highest BCUT2D eigenvalue weighted by Gasteiger charge is 2.15. The van der Waals surface area contributed by atoms with Gasteiger partial charge in [-0.15, -0.1) is 0 Å². The van der Waals surface area contributed by atoms with Crippen molar-refractivity contribution < 1.29 is 19.3 Å². The van der Waals surface area contributed by atoms with Crippen molar-refractivity contribution in [3.8, 4) is 23.0 Å². The zero-order valence-corrected chi connectivity index (χ0v) is 23.0. The maximum absolute atomic E-state index is 10.2. The number of hydrogen-bond acceptors (Lipinski definition) is 7. The highest BCUT2D eigenvalue weighted by atomic mass is 16.5. The molecule has 0 aliphatic heterocycles. The molecule has 0 aliphatic carbocycles. The molecule has 0 bridgehead atoms. The monoisotopic (exact) mass is 515 g/mol. The highest BCUT2D eigenvalue weighted by Crippen LogP contribution is 2.37. The van der Waals surface area contributed by atoms with E-state index in [4.69, 9.17) is 14.2 Å². The summed E-state index contributed by atoms with van der Waals surface area (Å²) in [5.74, 6) is 2.43. The molecule has 4 rings (SSSR count). The number of aliphatic hydroxyl groups is 1. The van der Waals surface area contributed by atoms with Crippen molar-refractivity contribution in [2.75, 3.05) is 39.7 Å². The third-order valence-corrected chi connectivity index (χ3v) is 6.12. The summed E-state index contributed by atoms with van der Waals surface area (Å²) in [5, 5.41) is 14.4. The van der Waals surface area contributed by atoms with Crippen LogP contribution >= 0.6 is 0 Å². The van der Waals surface area contributed by atoms with E-state index in [-0.39, 0.29) is 12.0 Å². The Kier molecular flexibility index (Phi) is 8.39. The van der Waals surface area contributed by atoms with Gasteiger partial charge in [0.1, 0.15) is 24.2 Å². The number of nitrogens with zero attached hydrogens (tertiary/aromatic N) is 2. The van der Waals surface area contributed by atoms with Gasteiger partial charge in [-0.3, -0.25) is 4.98 Å². The van der Waals surface area contributed by atoms with Crippen LogP contribution in [0.4, 0.5) is 11.4 Å². The van der Waals surface area contributed by atoms with Crippen molar-refractivity contribution in [1.29, 1.82) is 0 Å². The number of anilines is 2. The van der Waals surface area contributed by atoms with E-state index >= 15 is 0 Å². The van der Waals surface area contributed by atoms with Crippen LogP contribution in [0, 0.1) is 0 Å². The van der Waals surface area contributed by atoms with E-state index in [9.17, 15) is 5.11 Å². The lowest BCUT2D eigenvalue weighted by molar-refractivity contribution is 0.0819. The van der Waals surface area contributed by atoms with Crippen molar-refractivity contribution in [3.63, 3.8) is 0 Å². The second-order valence-electron chi connectivity index (χ2n) is 10.6. The number of fused-ring (bicyclic) bond motifs is 1. The summed E-state index contributed by atoms with van der Waals surface area (Å²) in [5.41, 5.74) is 4.14. The molecule has 0 saturated carbocycles. The molecule has 1 heterocycles. The Morgan fingerprint density at radius 1 is 0.895 bits per heavy atom. The molecule has 0 saturated heterocycles. The number of aromatic nitrogens is 1. The lowest BCUT2D eigenvalue weighted by Gasteiger charge is -2.19. The maximum Gasteiger partial charge on any atom is 0.163 e. The topological polar surface area (TPSA) is 76.1 Å². The van der Waals surface area contributed by atoms with Gasteiger partial charge < -0.3 is 29.5 Å². The van der Waals surface area contributed by atoms with Crippen LogP contribution in [0.5, 0.6) is 23.0 Å². The fourth-order valence-corrected chi connectivity index (χ4v) is 4.10. The smallest absolute Gasteiger partial charge is 0.163 e. The number of benzene rings is 3. The summed E-state index contributed by atoms with van der Waals surface area (Å²) in [6, 6.07) is 21.8. The lowest BCUT2D eigenvalue weighted by Crippen LogP contribution is -2.30. The number of likely N-dealkylation sites (N-methyl/N-ethyl adjacent to an activating group) is 1. The van der Waals surface area contributed by atoms with Gasteiger partial charge in [-0.1, -0.05) is 32.9 Å². The molecule has 1 aromatic heterocycles. The Morgan fingerprint density at radius 2 is 1.55 bits per heavy atom. The van der Waals surface area contributed by atoms with Crippen LogP contribution in [0.1, 0.15) is 26.3 Å². The minimum absolute atomic E-state index is 0.127. The number of rotatable bonds is 10. The Labute approximate surface area is 225 Å². The first kappa shape index (κ1) is 27.2. The maximum atomic E-state index is 10.2. The molecular formula is C31H37N3O4. The molecule has 1 atom stereocenters. The zero-order chi connectivity index (χ0) is 27.3. The second kappa shape index (κ2) is 11.7. The van der Waals surface area contributed by atoms with E-state index in [0.717, 1.165) is 16.8 Å². The summed E-state index contributed by atoms with van der Waals surface area (Å²) in [6.45, 7) is 7.28. The predicted molar refractivity (Wildman–Crippen MR) is 153 cm³/mol. The number of nitrogens with one attached hydrogen (secondary N) is 1. The van der Waals surface area contributed by atoms with E-state index in [1.165, 1.54) is 5.56 Å². The average Bonchev–Trinajstić information content (AvgIpc) is 2.87. The summed E-state index contributed by atoms with van der Waals surface area (Å²) < 4.78 is 17.6. The summed E-state index contributed by atoms with van der Waals surface area (Å²) >= 11 is 0. The zero-order valence-electron chi connectivity index (χ0n) is 23.0. The van der Waals surface area contributed by atoms with E-state index < -0.39 is 6.10 Å². The minimum atomic E-state index is -0.617. The number of aliphatic hydroxyl groups excluding tert-OH is 1. The van der Waals surface area contributed by atoms with Gasteiger partial charge in [0.2, 0.25) is 0 Å². The van der Waals surface area contributed by atoms with Crippen LogP contribution in [0.25, 0.3) is 10.9 Å². The highest BCUT2D eigenvalue weighted by molar-refractivity contribution is 5.88. The molecular weight excluding hydrogens is 478 g/mol. The predicted octanol–water partition coefficient (Wildman–Crippen LogP) is 6.38. The van der Waals surface area contributed by atoms with Gasteiger partial charge in [0.05, 0.1) is 12.6 Å². The third kappa shape index (κ3) is 6.94. The SMILES string of the molecule is COc1cc2c(Oc3ccc(Nc4ccc(C(C)(C)C)cc4)cc3)ccnc2cc1OCC(O)CN(C)C. The molecule has 1 unspecified atom stereocenters. The number of hydrogen-bond donors (Lipinski definition) is 2. The molecule has 7 nitrogen and oxygen atoms in total. The van der Waals surface area contributed by atoms with Crippen LogP contribution in [0.2, 0.25) is 0 Å². The van der Waals surface area contributed by atoms with Crippen molar-refractivity contribution in [3.05, 3.63) is 78.5 Å². The van der Waals surface area contributed by atoms with Gasteiger partial charge in [0.15, 0.2) is 11.5 Å². The van der Waals surface area contributed by atoms with Gasteiger partial charge in [-0.25, -0.2) is 0 Å². The molecule has 0 aliphatic rings. The molecule has 0 amide bonds. The van der Waals surface area contributed by atoms with Crippen LogP contribution in [-0.4, -0.2) is 55.5 Å². The van der Waals surface area contributed by atoms with Crippen LogP contribution < -0.4 is 19.5 Å². The van der Waals surface area contributed by atoms with Crippen LogP contribution in [-0.2, 0) is 5.41 Å². The van der Waals surface area contributed by atoms with Gasteiger partial charge in [0, 0.05) is 35.6 Å². The lowest BCUT2D eigenvalue weighted by atomic mass is 9.87. The summed E-state index contributed by atoms with van der Waals surface area (Å²) in [6.07, 6.45) is 1.08.